The molecule has 178 valence electrons. The molecule has 0 aliphatic carbocycles. The van der Waals surface area contributed by atoms with Crippen molar-refractivity contribution in [2.24, 2.45) is 0 Å². The number of thiophene rings is 1. The number of fused-ring (bicyclic) bond motifs is 2. The van der Waals surface area contributed by atoms with E-state index in [0.29, 0.717) is 39.3 Å². The number of aromatic nitrogens is 3. The molecule has 3 N–H and O–H groups in total. The Labute approximate surface area is 209 Å². The summed E-state index contributed by atoms with van der Waals surface area (Å²) in [6, 6.07) is 14.8. The zero-order valence-electron chi connectivity index (χ0n) is 19.1. The number of H-pyrrole nitrogens is 1. The molecule has 0 unspecified atom stereocenters. The normalized spacial score (nSPS) is 11.9. The number of aliphatic hydroxyl groups is 1. The van der Waals surface area contributed by atoms with Crippen LogP contribution in [0.3, 0.4) is 0 Å². The van der Waals surface area contributed by atoms with Crippen LogP contribution in [0.5, 0.6) is 0 Å². The Hall–Kier alpha value is -3.46. The molecule has 35 heavy (non-hydrogen) atoms. The molecule has 0 amide bonds. The first-order chi connectivity index (χ1) is 16.7. The average molecular weight is 507 g/mol. The van der Waals surface area contributed by atoms with Gasteiger partial charge in [-0.05, 0) is 44.5 Å². The van der Waals surface area contributed by atoms with Crippen molar-refractivity contribution in [3.8, 4) is 16.1 Å². The van der Waals surface area contributed by atoms with Crippen LogP contribution in [0.2, 0.25) is 5.02 Å². The zero-order chi connectivity index (χ0) is 24.7. The Morgan fingerprint density at radius 2 is 1.94 bits per heavy atom. The lowest BCUT2D eigenvalue weighted by Gasteiger charge is -2.18. The van der Waals surface area contributed by atoms with Crippen LogP contribution < -0.4 is 16.6 Å². The molecule has 3 aromatic heterocycles. The van der Waals surface area contributed by atoms with E-state index in [-0.39, 0.29) is 0 Å². The number of nitrogens with zero attached hydrogens (tertiary/aromatic N) is 2. The van der Waals surface area contributed by atoms with Crippen molar-refractivity contribution in [2.75, 3.05) is 11.9 Å². The number of hydrogen-bond donors (Lipinski definition) is 3. The maximum Gasteiger partial charge on any atom is 0.333 e. The number of benzene rings is 2. The summed E-state index contributed by atoms with van der Waals surface area (Å²) in [6.45, 7) is 4.09. The lowest BCUT2D eigenvalue weighted by atomic mass is 10.1. The molecule has 0 spiro atoms. The molecule has 0 fully saturated rings. The fourth-order valence-electron chi connectivity index (χ4n) is 3.97. The minimum atomic E-state index is -0.779. The molecule has 5 rings (SSSR count). The van der Waals surface area contributed by atoms with Crippen LogP contribution >= 0.6 is 22.9 Å². The second kappa shape index (κ2) is 8.96. The third kappa shape index (κ3) is 4.60. The van der Waals surface area contributed by atoms with Crippen LogP contribution in [0, 0.1) is 0 Å². The first-order valence-electron chi connectivity index (χ1n) is 11.1. The van der Waals surface area contributed by atoms with E-state index in [2.05, 4.69) is 15.3 Å². The van der Waals surface area contributed by atoms with Crippen molar-refractivity contribution >= 4 is 49.6 Å². The summed E-state index contributed by atoms with van der Waals surface area (Å²) in [5.41, 5.74) is 0.751. The second-order valence-electron chi connectivity index (χ2n) is 8.99. The van der Waals surface area contributed by atoms with Gasteiger partial charge in [0.25, 0.3) is 5.56 Å². The third-order valence-corrected chi connectivity index (χ3v) is 7.25. The van der Waals surface area contributed by atoms with E-state index >= 15 is 0 Å². The van der Waals surface area contributed by atoms with Crippen LogP contribution in [-0.4, -0.2) is 31.8 Å². The predicted octanol–water partition coefficient (Wildman–Crippen LogP) is 5.18. The summed E-state index contributed by atoms with van der Waals surface area (Å²) >= 11 is 7.64. The van der Waals surface area contributed by atoms with Gasteiger partial charge < -0.3 is 15.4 Å². The summed E-state index contributed by atoms with van der Waals surface area (Å²) in [6.07, 6.45) is 3.78. The average Bonchev–Trinajstić information content (AvgIpc) is 3.23. The van der Waals surface area contributed by atoms with E-state index in [4.69, 9.17) is 11.6 Å². The van der Waals surface area contributed by atoms with Gasteiger partial charge in [0, 0.05) is 44.7 Å². The summed E-state index contributed by atoms with van der Waals surface area (Å²) in [7, 11) is 0. The topological polar surface area (TPSA) is 100 Å². The monoisotopic (exact) mass is 506 g/mol. The molecule has 0 aliphatic rings. The van der Waals surface area contributed by atoms with Gasteiger partial charge in [-0.15, -0.1) is 11.3 Å². The van der Waals surface area contributed by atoms with Gasteiger partial charge in [0.2, 0.25) is 0 Å². The van der Waals surface area contributed by atoms with Gasteiger partial charge in [-0.3, -0.25) is 9.78 Å². The first-order valence-corrected chi connectivity index (χ1v) is 12.3. The SMILES string of the molecule is CC(C)(O)CCNc1ccc2cncc(-n3c(=O)[nH]c4cc(-c5ccccc5Cl)sc4c3=O)c2c1. The number of rotatable bonds is 6. The van der Waals surface area contributed by atoms with Crippen LogP contribution in [-0.2, 0) is 0 Å². The quantitative estimate of drug-likeness (QED) is 0.294. The highest BCUT2D eigenvalue weighted by Crippen LogP contribution is 2.35. The maximum atomic E-state index is 13.5. The molecular weight excluding hydrogens is 484 g/mol. The highest BCUT2D eigenvalue weighted by atomic mass is 35.5. The summed E-state index contributed by atoms with van der Waals surface area (Å²) in [5.74, 6) is 0. The summed E-state index contributed by atoms with van der Waals surface area (Å²) < 4.78 is 1.56. The lowest BCUT2D eigenvalue weighted by molar-refractivity contribution is 0.0749. The number of anilines is 1. The number of pyridine rings is 1. The van der Waals surface area contributed by atoms with Gasteiger partial charge in [0.1, 0.15) is 4.70 Å². The molecule has 7 nitrogen and oxygen atoms in total. The third-order valence-electron chi connectivity index (χ3n) is 5.76. The Morgan fingerprint density at radius 3 is 2.71 bits per heavy atom. The van der Waals surface area contributed by atoms with E-state index in [0.717, 1.165) is 26.1 Å². The van der Waals surface area contributed by atoms with Gasteiger partial charge in [0.15, 0.2) is 0 Å². The smallest absolute Gasteiger partial charge is 0.333 e. The standard InChI is InChI=1S/C26H23ClN4O3S/c1-26(2,34)9-10-29-16-8-7-15-13-28-14-21(18(15)11-16)31-24(32)23-20(30-25(31)33)12-22(35-23)17-5-3-4-6-19(17)27/h3-8,11-14,29,34H,9-10H2,1-2H3,(H,30,33). The lowest BCUT2D eigenvalue weighted by Crippen LogP contribution is -2.33. The van der Waals surface area contributed by atoms with Gasteiger partial charge >= 0.3 is 5.69 Å². The van der Waals surface area contributed by atoms with Gasteiger partial charge in [-0.2, -0.15) is 0 Å². The molecule has 3 heterocycles. The molecule has 2 aromatic carbocycles. The van der Waals surface area contributed by atoms with Crippen LogP contribution in [0.1, 0.15) is 20.3 Å². The molecule has 9 heteroatoms. The van der Waals surface area contributed by atoms with E-state index in [1.165, 1.54) is 17.5 Å². The van der Waals surface area contributed by atoms with E-state index in [1.54, 1.807) is 32.2 Å². The van der Waals surface area contributed by atoms with Crippen LogP contribution in [0.25, 0.3) is 37.1 Å². The maximum absolute atomic E-state index is 13.5. The second-order valence-corrected chi connectivity index (χ2v) is 10.4. The first kappa shape index (κ1) is 23.3. The highest BCUT2D eigenvalue weighted by molar-refractivity contribution is 7.22. The number of hydrogen-bond acceptors (Lipinski definition) is 6. The molecule has 0 aliphatic heterocycles. The van der Waals surface area contributed by atoms with E-state index < -0.39 is 16.9 Å². The van der Waals surface area contributed by atoms with Gasteiger partial charge in [-0.1, -0.05) is 35.9 Å². The summed E-state index contributed by atoms with van der Waals surface area (Å²) in [4.78, 5) is 34.5. The predicted molar refractivity (Wildman–Crippen MR) is 143 cm³/mol. The highest BCUT2D eigenvalue weighted by Gasteiger charge is 2.17. The van der Waals surface area contributed by atoms with Gasteiger partial charge in [-0.25, -0.2) is 9.36 Å². The Morgan fingerprint density at radius 1 is 1.14 bits per heavy atom. The molecule has 0 saturated carbocycles. The number of halogens is 1. The van der Waals surface area contributed by atoms with Gasteiger partial charge in [0.05, 0.1) is 23.0 Å². The van der Waals surface area contributed by atoms with E-state index in [1.807, 2.05) is 36.4 Å². The Balaban J connectivity index is 1.62. The van der Waals surface area contributed by atoms with Crippen molar-refractivity contribution in [1.82, 2.24) is 14.5 Å². The molecule has 0 bridgehead atoms. The van der Waals surface area contributed by atoms with Crippen LogP contribution in [0.15, 0.2) is 70.5 Å². The number of aromatic amines is 1. The van der Waals surface area contributed by atoms with Crippen LogP contribution in [0.4, 0.5) is 5.69 Å². The minimum Gasteiger partial charge on any atom is -0.390 e. The summed E-state index contributed by atoms with van der Waals surface area (Å²) in [5, 5.41) is 15.3. The largest absolute Gasteiger partial charge is 0.390 e. The minimum absolute atomic E-state index is 0.398. The van der Waals surface area contributed by atoms with Crippen molar-refractivity contribution in [3.63, 3.8) is 0 Å². The Bertz CT molecular complexity index is 1680. The molecule has 0 radical (unpaired) electrons. The Kier molecular flexibility index (Phi) is 5.96. The van der Waals surface area contributed by atoms with Crippen molar-refractivity contribution < 1.29 is 5.11 Å². The molecular formula is C26H23ClN4O3S. The number of nitrogens with one attached hydrogen (secondary N) is 2. The molecule has 0 atom stereocenters. The van der Waals surface area contributed by atoms with Crippen molar-refractivity contribution in [1.29, 1.82) is 0 Å². The fraction of sp³-hybridized carbons (Fsp3) is 0.192. The zero-order valence-corrected chi connectivity index (χ0v) is 20.7. The molecule has 5 aromatic rings. The van der Waals surface area contributed by atoms with Crippen molar-refractivity contribution in [3.05, 3.63) is 86.8 Å². The fourth-order valence-corrected chi connectivity index (χ4v) is 5.35. The van der Waals surface area contributed by atoms with Crippen molar-refractivity contribution in [2.45, 2.75) is 25.9 Å². The van der Waals surface area contributed by atoms with E-state index in [9.17, 15) is 14.7 Å². The molecule has 0 saturated heterocycles.